The van der Waals surface area contributed by atoms with Crippen molar-refractivity contribution in [2.45, 2.75) is 38.8 Å². The van der Waals surface area contributed by atoms with E-state index in [1.807, 2.05) is 13.8 Å². The van der Waals surface area contributed by atoms with E-state index in [0.29, 0.717) is 12.8 Å². The number of nitrogens with two attached hydrogens (primary N) is 1. The molecule has 0 aliphatic carbocycles. The van der Waals surface area contributed by atoms with E-state index in [1.54, 1.807) is 0 Å². The number of alkyl halides is 1. The molecule has 0 spiro atoms. The summed E-state index contributed by atoms with van der Waals surface area (Å²) in [5.41, 5.74) is 4.14. The third kappa shape index (κ3) is 2.80. The van der Waals surface area contributed by atoms with Crippen LogP contribution < -0.4 is 5.73 Å². The first kappa shape index (κ1) is 8.89. The van der Waals surface area contributed by atoms with E-state index in [-0.39, 0.29) is 6.54 Å². The fourth-order valence-electron chi connectivity index (χ4n) is 0.871. The van der Waals surface area contributed by atoms with Crippen LogP contribution >= 0.6 is 0 Å². The standard InChI is InChI=1S/C7H16FN/c1-3-5-7(8,4-2)6-9/h3-6,9H2,1-2H3. The van der Waals surface area contributed by atoms with Crippen molar-refractivity contribution < 1.29 is 4.39 Å². The molecule has 0 radical (unpaired) electrons. The average molecular weight is 133 g/mol. The normalized spacial score (nSPS) is 17.3. The molecule has 1 unspecified atom stereocenters. The lowest BCUT2D eigenvalue weighted by Crippen LogP contribution is -2.31. The molecule has 0 bridgehead atoms. The summed E-state index contributed by atoms with van der Waals surface area (Å²) in [6, 6.07) is 0. The van der Waals surface area contributed by atoms with Gasteiger partial charge in [0.15, 0.2) is 0 Å². The highest BCUT2D eigenvalue weighted by molar-refractivity contribution is 4.77. The molecule has 0 aliphatic heterocycles. The number of hydrogen-bond acceptors (Lipinski definition) is 1. The smallest absolute Gasteiger partial charge is 0.122 e. The van der Waals surface area contributed by atoms with Gasteiger partial charge >= 0.3 is 0 Å². The van der Waals surface area contributed by atoms with Crippen molar-refractivity contribution in [2.75, 3.05) is 6.54 Å². The topological polar surface area (TPSA) is 26.0 Å². The molecule has 0 aromatic heterocycles. The largest absolute Gasteiger partial charge is 0.328 e. The van der Waals surface area contributed by atoms with E-state index in [9.17, 15) is 4.39 Å². The molecular formula is C7H16FN. The average Bonchev–Trinajstić information content (AvgIpc) is 1.89. The van der Waals surface area contributed by atoms with E-state index in [2.05, 4.69) is 0 Å². The molecule has 0 saturated carbocycles. The van der Waals surface area contributed by atoms with Gasteiger partial charge in [0.05, 0.1) is 0 Å². The van der Waals surface area contributed by atoms with Crippen molar-refractivity contribution >= 4 is 0 Å². The molecule has 1 atom stereocenters. The van der Waals surface area contributed by atoms with E-state index < -0.39 is 5.67 Å². The summed E-state index contributed by atoms with van der Waals surface area (Å²) in [6.07, 6.45) is 2.01. The second kappa shape index (κ2) is 3.83. The summed E-state index contributed by atoms with van der Waals surface area (Å²) >= 11 is 0. The maximum Gasteiger partial charge on any atom is 0.122 e. The van der Waals surface area contributed by atoms with Gasteiger partial charge in [0.2, 0.25) is 0 Å². The molecule has 2 N–H and O–H groups in total. The highest BCUT2D eigenvalue weighted by atomic mass is 19.1. The zero-order valence-electron chi connectivity index (χ0n) is 6.28. The van der Waals surface area contributed by atoms with Crippen molar-refractivity contribution in [3.8, 4) is 0 Å². The molecule has 0 aliphatic rings. The Hall–Kier alpha value is -0.110. The second-order valence-electron chi connectivity index (χ2n) is 2.46. The molecule has 0 aromatic carbocycles. The molecular weight excluding hydrogens is 117 g/mol. The molecule has 0 fully saturated rings. The summed E-state index contributed by atoms with van der Waals surface area (Å²) in [7, 11) is 0. The number of rotatable bonds is 4. The highest BCUT2D eigenvalue weighted by Gasteiger charge is 2.23. The third-order valence-electron chi connectivity index (χ3n) is 1.70. The fourth-order valence-corrected chi connectivity index (χ4v) is 0.871. The van der Waals surface area contributed by atoms with E-state index in [0.717, 1.165) is 6.42 Å². The van der Waals surface area contributed by atoms with Crippen LogP contribution in [0, 0.1) is 0 Å². The van der Waals surface area contributed by atoms with Gasteiger partial charge in [-0.3, -0.25) is 0 Å². The van der Waals surface area contributed by atoms with Crippen molar-refractivity contribution in [3.05, 3.63) is 0 Å². The van der Waals surface area contributed by atoms with Crippen LogP contribution in [-0.4, -0.2) is 12.2 Å². The highest BCUT2D eigenvalue weighted by Crippen LogP contribution is 2.20. The van der Waals surface area contributed by atoms with Crippen LogP contribution in [0.25, 0.3) is 0 Å². The van der Waals surface area contributed by atoms with Crippen LogP contribution in [0.15, 0.2) is 0 Å². The molecule has 9 heavy (non-hydrogen) atoms. The lowest BCUT2D eigenvalue weighted by Gasteiger charge is -2.20. The first-order valence-corrected chi connectivity index (χ1v) is 3.57. The van der Waals surface area contributed by atoms with Crippen molar-refractivity contribution in [2.24, 2.45) is 5.73 Å². The van der Waals surface area contributed by atoms with E-state index in [4.69, 9.17) is 5.73 Å². The second-order valence-corrected chi connectivity index (χ2v) is 2.46. The van der Waals surface area contributed by atoms with E-state index >= 15 is 0 Å². The Balaban J connectivity index is 3.62. The monoisotopic (exact) mass is 133 g/mol. The summed E-state index contributed by atoms with van der Waals surface area (Å²) < 4.78 is 13.1. The van der Waals surface area contributed by atoms with Crippen LogP contribution in [-0.2, 0) is 0 Å². The summed E-state index contributed by atoms with van der Waals surface area (Å²) in [4.78, 5) is 0. The molecule has 0 saturated heterocycles. The van der Waals surface area contributed by atoms with Crippen LogP contribution in [0.3, 0.4) is 0 Å². The zero-order valence-corrected chi connectivity index (χ0v) is 6.28. The van der Waals surface area contributed by atoms with Gasteiger partial charge in [-0.15, -0.1) is 0 Å². The van der Waals surface area contributed by atoms with Gasteiger partial charge < -0.3 is 5.73 Å². The Morgan fingerprint density at radius 1 is 1.44 bits per heavy atom. The maximum absolute atomic E-state index is 13.1. The Kier molecular flexibility index (Phi) is 3.78. The number of hydrogen-bond donors (Lipinski definition) is 1. The van der Waals surface area contributed by atoms with Crippen LogP contribution in [0.4, 0.5) is 4.39 Å². The molecule has 0 heterocycles. The fraction of sp³-hybridized carbons (Fsp3) is 1.00. The van der Waals surface area contributed by atoms with Gasteiger partial charge in [0.1, 0.15) is 5.67 Å². The predicted octanol–water partition coefficient (Wildman–Crippen LogP) is 1.86. The van der Waals surface area contributed by atoms with Gasteiger partial charge in [-0.25, -0.2) is 4.39 Å². The van der Waals surface area contributed by atoms with Crippen LogP contribution in [0.5, 0.6) is 0 Å². The van der Waals surface area contributed by atoms with Crippen molar-refractivity contribution in [3.63, 3.8) is 0 Å². The lowest BCUT2D eigenvalue weighted by atomic mass is 9.98. The summed E-state index contributed by atoms with van der Waals surface area (Å²) in [5, 5.41) is 0. The minimum atomic E-state index is -1.09. The molecule has 1 nitrogen and oxygen atoms in total. The van der Waals surface area contributed by atoms with Gasteiger partial charge in [0.25, 0.3) is 0 Å². The van der Waals surface area contributed by atoms with Gasteiger partial charge in [-0.05, 0) is 12.8 Å². The minimum absolute atomic E-state index is 0.164. The third-order valence-corrected chi connectivity index (χ3v) is 1.70. The van der Waals surface area contributed by atoms with Gasteiger partial charge in [-0.2, -0.15) is 0 Å². The Morgan fingerprint density at radius 3 is 2.11 bits per heavy atom. The molecule has 0 aromatic rings. The predicted molar refractivity (Wildman–Crippen MR) is 38.1 cm³/mol. The lowest BCUT2D eigenvalue weighted by molar-refractivity contribution is 0.152. The van der Waals surface area contributed by atoms with Gasteiger partial charge in [0, 0.05) is 6.54 Å². The van der Waals surface area contributed by atoms with Crippen LogP contribution in [0.2, 0.25) is 0 Å². The quantitative estimate of drug-likeness (QED) is 0.622. The van der Waals surface area contributed by atoms with Crippen molar-refractivity contribution in [1.82, 2.24) is 0 Å². The first-order valence-electron chi connectivity index (χ1n) is 3.57. The van der Waals surface area contributed by atoms with Gasteiger partial charge in [-0.1, -0.05) is 20.3 Å². The van der Waals surface area contributed by atoms with Crippen molar-refractivity contribution in [1.29, 1.82) is 0 Å². The molecule has 56 valence electrons. The molecule has 0 rings (SSSR count). The Labute approximate surface area is 56.4 Å². The van der Waals surface area contributed by atoms with E-state index in [1.165, 1.54) is 0 Å². The molecule has 2 heteroatoms. The summed E-state index contributed by atoms with van der Waals surface area (Å²) in [6.45, 7) is 3.97. The van der Waals surface area contributed by atoms with Crippen LogP contribution in [0.1, 0.15) is 33.1 Å². The maximum atomic E-state index is 13.1. The zero-order chi connectivity index (χ0) is 7.33. The number of halogens is 1. The Bertz CT molecular complexity index is 69.3. The SMILES string of the molecule is CCCC(F)(CC)CN. The molecule has 0 amide bonds. The first-order chi connectivity index (χ1) is 4.18. The Morgan fingerprint density at radius 2 is 2.00 bits per heavy atom. The minimum Gasteiger partial charge on any atom is -0.328 e. The summed E-state index contributed by atoms with van der Waals surface area (Å²) in [5.74, 6) is 0.